The molecule has 0 aliphatic heterocycles. The van der Waals surface area contributed by atoms with E-state index in [1.807, 2.05) is 0 Å². The van der Waals surface area contributed by atoms with Crippen molar-refractivity contribution in [3.63, 3.8) is 0 Å². The van der Waals surface area contributed by atoms with Gasteiger partial charge in [0.25, 0.3) is 0 Å². The molecule has 0 amide bonds. The number of hydrogen-bond donors (Lipinski definition) is 0. The van der Waals surface area contributed by atoms with Gasteiger partial charge < -0.3 is 9.47 Å². The first-order valence-electron chi connectivity index (χ1n) is 5.03. The second-order valence-corrected chi connectivity index (χ2v) is 3.60. The molecular formula is C11H8F6O3. The first-order chi connectivity index (χ1) is 9.04. The Morgan fingerprint density at radius 2 is 1.75 bits per heavy atom. The fourth-order valence-electron chi connectivity index (χ4n) is 1.28. The third kappa shape index (κ3) is 4.32. The van der Waals surface area contributed by atoms with Crippen LogP contribution in [0.4, 0.5) is 26.3 Å². The van der Waals surface area contributed by atoms with Gasteiger partial charge in [-0.2, -0.15) is 26.3 Å². The van der Waals surface area contributed by atoms with E-state index in [0.29, 0.717) is 12.1 Å². The Balaban J connectivity index is 3.14. The molecule has 0 heterocycles. The van der Waals surface area contributed by atoms with Crippen LogP contribution in [-0.4, -0.2) is 25.9 Å². The van der Waals surface area contributed by atoms with Gasteiger partial charge in [0.15, 0.2) is 6.61 Å². The highest BCUT2D eigenvalue weighted by Crippen LogP contribution is 2.37. The molecule has 1 aromatic rings. The minimum Gasteiger partial charge on any atom is -0.483 e. The SMILES string of the molecule is COC(=O)c1ccc(OCC(F)(F)F)c(C(F)(F)F)c1. The fourth-order valence-corrected chi connectivity index (χ4v) is 1.28. The highest BCUT2D eigenvalue weighted by molar-refractivity contribution is 5.89. The third-order valence-corrected chi connectivity index (χ3v) is 2.10. The smallest absolute Gasteiger partial charge is 0.422 e. The number of alkyl halides is 6. The Hall–Kier alpha value is -1.93. The standard InChI is InChI=1S/C11H8F6O3/c1-19-9(18)6-2-3-8(20-5-10(12,13)14)7(4-6)11(15,16)17/h2-4H,5H2,1H3. The van der Waals surface area contributed by atoms with E-state index >= 15 is 0 Å². The van der Waals surface area contributed by atoms with Crippen molar-refractivity contribution in [1.82, 2.24) is 0 Å². The predicted molar refractivity (Wildman–Crippen MR) is 54.3 cm³/mol. The lowest BCUT2D eigenvalue weighted by Crippen LogP contribution is -2.21. The number of rotatable bonds is 3. The van der Waals surface area contributed by atoms with Crippen LogP contribution >= 0.6 is 0 Å². The molecule has 20 heavy (non-hydrogen) atoms. The summed E-state index contributed by atoms with van der Waals surface area (Å²) in [7, 11) is 0.962. The van der Waals surface area contributed by atoms with Crippen LogP contribution < -0.4 is 4.74 Å². The summed E-state index contributed by atoms with van der Waals surface area (Å²) >= 11 is 0. The van der Waals surface area contributed by atoms with Gasteiger partial charge in [-0.3, -0.25) is 0 Å². The molecule has 0 spiro atoms. The van der Waals surface area contributed by atoms with Gasteiger partial charge in [0.1, 0.15) is 5.75 Å². The Labute approximate surface area is 109 Å². The summed E-state index contributed by atoms with van der Waals surface area (Å²) in [6.07, 6.45) is -9.74. The molecule has 3 nitrogen and oxygen atoms in total. The molecule has 0 N–H and O–H groups in total. The molecule has 0 bridgehead atoms. The minimum atomic E-state index is -4.97. The lowest BCUT2D eigenvalue weighted by Gasteiger charge is -2.15. The number of ether oxygens (including phenoxy) is 2. The van der Waals surface area contributed by atoms with E-state index in [1.54, 1.807) is 0 Å². The number of halogens is 6. The van der Waals surface area contributed by atoms with Gasteiger partial charge in [0.2, 0.25) is 0 Å². The van der Waals surface area contributed by atoms with Crippen molar-refractivity contribution in [3.05, 3.63) is 29.3 Å². The second kappa shape index (κ2) is 5.59. The number of benzene rings is 1. The molecular weight excluding hydrogens is 294 g/mol. The maximum absolute atomic E-state index is 12.7. The van der Waals surface area contributed by atoms with E-state index in [2.05, 4.69) is 9.47 Å². The largest absolute Gasteiger partial charge is 0.483 e. The van der Waals surface area contributed by atoms with E-state index in [0.717, 1.165) is 13.2 Å². The second-order valence-electron chi connectivity index (χ2n) is 3.60. The van der Waals surface area contributed by atoms with Crippen molar-refractivity contribution in [3.8, 4) is 5.75 Å². The number of hydrogen-bond acceptors (Lipinski definition) is 3. The van der Waals surface area contributed by atoms with Crippen LogP contribution in [0.3, 0.4) is 0 Å². The average Bonchev–Trinajstić information content (AvgIpc) is 2.33. The zero-order chi connectivity index (χ0) is 15.6. The fraction of sp³-hybridized carbons (Fsp3) is 0.364. The van der Waals surface area contributed by atoms with Crippen molar-refractivity contribution < 1.29 is 40.6 Å². The van der Waals surface area contributed by atoms with Gasteiger partial charge in [-0.25, -0.2) is 4.79 Å². The zero-order valence-corrected chi connectivity index (χ0v) is 9.93. The van der Waals surface area contributed by atoms with Crippen LogP contribution in [0.25, 0.3) is 0 Å². The highest BCUT2D eigenvalue weighted by atomic mass is 19.4. The van der Waals surface area contributed by atoms with Crippen molar-refractivity contribution in [2.45, 2.75) is 12.4 Å². The normalized spacial score (nSPS) is 12.2. The average molecular weight is 302 g/mol. The van der Waals surface area contributed by atoms with Gasteiger partial charge in [-0.15, -0.1) is 0 Å². The summed E-state index contributed by atoms with van der Waals surface area (Å²) in [6, 6.07) is 1.89. The molecule has 0 saturated heterocycles. The first kappa shape index (κ1) is 16.1. The van der Waals surface area contributed by atoms with E-state index in [1.165, 1.54) is 0 Å². The van der Waals surface area contributed by atoms with Gasteiger partial charge >= 0.3 is 18.3 Å². The van der Waals surface area contributed by atoms with Gasteiger partial charge in [0, 0.05) is 0 Å². The number of methoxy groups -OCH3 is 1. The lowest BCUT2D eigenvalue weighted by molar-refractivity contribution is -0.158. The topological polar surface area (TPSA) is 35.5 Å². The third-order valence-electron chi connectivity index (χ3n) is 2.10. The molecule has 0 fully saturated rings. The van der Waals surface area contributed by atoms with Crippen LogP contribution in [0, 0.1) is 0 Å². The maximum Gasteiger partial charge on any atom is 0.422 e. The summed E-state index contributed by atoms with van der Waals surface area (Å²) in [4.78, 5) is 11.1. The summed E-state index contributed by atoms with van der Waals surface area (Å²) in [6.45, 7) is -1.87. The summed E-state index contributed by atoms with van der Waals surface area (Å²) < 4.78 is 82.3. The maximum atomic E-state index is 12.7. The Morgan fingerprint density at radius 1 is 1.15 bits per heavy atom. The molecule has 0 saturated carbocycles. The molecule has 9 heteroatoms. The Bertz CT molecular complexity index is 492. The van der Waals surface area contributed by atoms with Crippen LogP contribution in [0.2, 0.25) is 0 Å². The van der Waals surface area contributed by atoms with E-state index in [9.17, 15) is 31.1 Å². The summed E-state index contributed by atoms with van der Waals surface area (Å²) in [5.41, 5.74) is -1.93. The van der Waals surface area contributed by atoms with E-state index in [-0.39, 0.29) is 0 Å². The molecule has 112 valence electrons. The van der Waals surface area contributed by atoms with Crippen molar-refractivity contribution in [2.75, 3.05) is 13.7 Å². The zero-order valence-electron chi connectivity index (χ0n) is 9.93. The molecule has 0 atom stereocenters. The molecule has 0 aromatic heterocycles. The van der Waals surface area contributed by atoms with Crippen LogP contribution in [0.5, 0.6) is 5.75 Å². The Kier molecular flexibility index (Phi) is 4.51. The minimum absolute atomic E-state index is 0.373. The van der Waals surface area contributed by atoms with Crippen molar-refractivity contribution in [2.24, 2.45) is 0 Å². The van der Waals surface area contributed by atoms with Crippen molar-refractivity contribution in [1.29, 1.82) is 0 Å². The lowest BCUT2D eigenvalue weighted by atomic mass is 10.1. The molecule has 0 aliphatic rings. The number of carbonyl (C=O) groups is 1. The van der Waals surface area contributed by atoms with Crippen LogP contribution in [0.15, 0.2) is 18.2 Å². The Morgan fingerprint density at radius 3 is 2.20 bits per heavy atom. The van der Waals surface area contributed by atoms with Crippen LogP contribution in [-0.2, 0) is 10.9 Å². The van der Waals surface area contributed by atoms with Gasteiger partial charge in [0.05, 0.1) is 18.2 Å². The number of esters is 1. The summed E-state index contributed by atoms with van der Waals surface area (Å²) in [5.74, 6) is -2.06. The van der Waals surface area contributed by atoms with E-state index < -0.39 is 41.8 Å². The molecule has 0 aliphatic carbocycles. The van der Waals surface area contributed by atoms with Gasteiger partial charge in [-0.1, -0.05) is 0 Å². The summed E-state index contributed by atoms with van der Waals surface area (Å²) in [5, 5.41) is 0. The van der Waals surface area contributed by atoms with E-state index in [4.69, 9.17) is 0 Å². The number of carbonyl (C=O) groups excluding carboxylic acids is 1. The monoisotopic (exact) mass is 302 g/mol. The predicted octanol–water partition coefficient (Wildman–Crippen LogP) is 3.43. The first-order valence-corrected chi connectivity index (χ1v) is 5.03. The molecule has 1 aromatic carbocycles. The molecule has 1 rings (SSSR count). The highest BCUT2D eigenvalue weighted by Gasteiger charge is 2.37. The molecule has 0 radical (unpaired) electrons. The van der Waals surface area contributed by atoms with Crippen molar-refractivity contribution >= 4 is 5.97 Å². The molecule has 0 unspecified atom stereocenters. The quantitative estimate of drug-likeness (QED) is 0.634. The van der Waals surface area contributed by atoms with Gasteiger partial charge in [-0.05, 0) is 18.2 Å². The van der Waals surface area contributed by atoms with Crippen LogP contribution in [0.1, 0.15) is 15.9 Å².